The van der Waals surface area contributed by atoms with Crippen molar-refractivity contribution in [3.05, 3.63) is 65.5 Å². The number of alkyl halides is 3. The average Bonchev–Trinajstić information content (AvgIpc) is 2.86. The van der Waals surface area contributed by atoms with Gasteiger partial charge in [0.25, 0.3) is 5.91 Å². The van der Waals surface area contributed by atoms with E-state index in [1.165, 1.54) is 24.4 Å². The average molecular weight is 515 g/mol. The van der Waals surface area contributed by atoms with Crippen LogP contribution in [0.2, 0.25) is 0 Å². The summed E-state index contributed by atoms with van der Waals surface area (Å²) in [7, 11) is 3.87. The molecule has 1 amide bonds. The van der Waals surface area contributed by atoms with Crippen LogP contribution in [0.25, 0.3) is 0 Å². The summed E-state index contributed by atoms with van der Waals surface area (Å²) in [4.78, 5) is 28.0. The van der Waals surface area contributed by atoms with E-state index in [2.05, 4.69) is 25.6 Å². The molecular weight excluding hydrogens is 485 g/mol. The summed E-state index contributed by atoms with van der Waals surface area (Å²) in [5.74, 6) is 0.948. The molecule has 1 aliphatic rings. The van der Waals surface area contributed by atoms with Crippen molar-refractivity contribution >= 4 is 17.7 Å². The van der Waals surface area contributed by atoms with E-state index < -0.39 is 11.7 Å². The van der Waals surface area contributed by atoms with Gasteiger partial charge in [-0.15, -0.1) is 0 Å². The van der Waals surface area contributed by atoms with Gasteiger partial charge in [-0.05, 0) is 62.9 Å². The number of nitrogens with one attached hydrogen (secondary N) is 2. The summed E-state index contributed by atoms with van der Waals surface area (Å²) < 4.78 is 44.7. The molecule has 2 N–H and O–H groups in total. The number of aromatic nitrogens is 3. The Hall–Kier alpha value is -3.89. The lowest BCUT2D eigenvalue weighted by molar-refractivity contribution is -0.137. The fourth-order valence-electron chi connectivity index (χ4n) is 4.28. The Morgan fingerprint density at radius 3 is 2.49 bits per heavy atom. The van der Waals surface area contributed by atoms with E-state index in [1.54, 1.807) is 12.3 Å². The predicted molar refractivity (Wildman–Crippen MR) is 134 cm³/mol. The molecule has 8 nitrogen and oxygen atoms in total. The molecule has 2 aromatic heterocycles. The maximum atomic E-state index is 13.0. The van der Waals surface area contributed by atoms with E-state index in [0.29, 0.717) is 5.95 Å². The number of carbonyl (C=O) groups is 1. The van der Waals surface area contributed by atoms with Crippen molar-refractivity contribution in [2.24, 2.45) is 0 Å². The van der Waals surface area contributed by atoms with Gasteiger partial charge in [0.15, 0.2) is 0 Å². The van der Waals surface area contributed by atoms with Crippen molar-refractivity contribution in [3.8, 4) is 11.6 Å². The lowest BCUT2D eigenvalue weighted by atomic mass is 9.91. The van der Waals surface area contributed by atoms with Crippen LogP contribution in [0.4, 0.5) is 24.9 Å². The number of anilines is 2. The Morgan fingerprint density at radius 1 is 1.05 bits per heavy atom. The number of amides is 1. The number of ether oxygens (including phenoxy) is 1. The third-order valence-electron chi connectivity index (χ3n) is 6.16. The number of pyridine rings is 1. The van der Waals surface area contributed by atoms with Gasteiger partial charge in [-0.1, -0.05) is 6.07 Å². The van der Waals surface area contributed by atoms with Crippen LogP contribution in [0.3, 0.4) is 0 Å². The zero-order valence-electron chi connectivity index (χ0n) is 20.8. The molecule has 0 atom stereocenters. The molecule has 1 aliphatic carbocycles. The molecule has 11 heteroatoms. The van der Waals surface area contributed by atoms with E-state index >= 15 is 0 Å². The van der Waals surface area contributed by atoms with Crippen molar-refractivity contribution in [3.63, 3.8) is 0 Å². The Labute approximate surface area is 213 Å². The van der Waals surface area contributed by atoms with E-state index in [-0.39, 0.29) is 35.2 Å². The molecule has 0 saturated heterocycles. The standard InChI is InChI=1S/C26H29F3N6O2/c1-16-15-31-25(34-22(16)35(2)3)33-19-11-9-18(10-12-19)32-23(36)21-8-5-13-30-24(21)37-20-7-4-6-17(14-20)26(27,28)29/h4-8,13-15,18-19H,9-12H2,1-3H3,(H,32,36)(H,31,33,34)/t18-,19+. The summed E-state index contributed by atoms with van der Waals surface area (Å²) in [5, 5.41) is 6.40. The first kappa shape index (κ1) is 26.2. The van der Waals surface area contributed by atoms with E-state index in [4.69, 9.17) is 4.74 Å². The van der Waals surface area contributed by atoms with Gasteiger partial charge >= 0.3 is 6.18 Å². The molecule has 0 bridgehead atoms. The molecule has 3 aromatic rings. The molecule has 37 heavy (non-hydrogen) atoms. The number of hydrogen-bond donors (Lipinski definition) is 2. The van der Waals surface area contributed by atoms with Crippen LogP contribution in [0.15, 0.2) is 48.8 Å². The van der Waals surface area contributed by atoms with Crippen molar-refractivity contribution in [2.75, 3.05) is 24.3 Å². The topological polar surface area (TPSA) is 92.3 Å². The second-order valence-electron chi connectivity index (χ2n) is 9.24. The monoisotopic (exact) mass is 514 g/mol. The first-order chi connectivity index (χ1) is 17.6. The number of benzene rings is 1. The fraction of sp³-hybridized carbons (Fsp3) is 0.385. The first-order valence-electron chi connectivity index (χ1n) is 12.0. The second-order valence-corrected chi connectivity index (χ2v) is 9.24. The predicted octanol–water partition coefficient (Wildman–Crippen LogP) is 5.21. The van der Waals surface area contributed by atoms with Gasteiger partial charge in [0.05, 0.1) is 5.56 Å². The number of carbonyl (C=O) groups excluding carboxylic acids is 1. The van der Waals surface area contributed by atoms with Crippen molar-refractivity contribution in [1.29, 1.82) is 0 Å². The number of halogens is 3. The van der Waals surface area contributed by atoms with Gasteiger partial charge in [0.1, 0.15) is 17.1 Å². The van der Waals surface area contributed by atoms with Gasteiger partial charge in [-0.3, -0.25) is 4.79 Å². The highest BCUT2D eigenvalue weighted by Crippen LogP contribution is 2.33. The van der Waals surface area contributed by atoms with Crippen molar-refractivity contribution in [2.45, 2.75) is 50.9 Å². The Kier molecular flexibility index (Phi) is 7.80. The molecule has 2 heterocycles. The Bertz CT molecular complexity index is 1240. The maximum absolute atomic E-state index is 13.0. The minimum Gasteiger partial charge on any atom is -0.438 e. The summed E-state index contributed by atoms with van der Waals surface area (Å²) in [6.07, 6.45) is 1.85. The minimum atomic E-state index is -4.50. The first-order valence-corrected chi connectivity index (χ1v) is 12.0. The zero-order chi connectivity index (χ0) is 26.6. The highest BCUT2D eigenvalue weighted by atomic mass is 19.4. The van der Waals surface area contributed by atoms with E-state index in [0.717, 1.165) is 49.2 Å². The molecule has 0 unspecified atom stereocenters. The molecule has 0 spiro atoms. The van der Waals surface area contributed by atoms with Crippen LogP contribution in [-0.4, -0.2) is 47.0 Å². The van der Waals surface area contributed by atoms with Crippen molar-refractivity contribution < 1.29 is 22.7 Å². The summed E-state index contributed by atoms with van der Waals surface area (Å²) in [6, 6.07) is 7.72. The maximum Gasteiger partial charge on any atom is 0.416 e. The zero-order valence-corrected chi connectivity index (χ0v) is 20.8. The molecule has 1 fully saturated rings. The number of hydrogen-bond acceptors (Lipinski definition) is 7. The number of aryl methyl sites for hydroxylation is 1. The quantitative estimate of drug-likeness (QED) is 0.447. The smallest absolute Gasteiger partial charge is 0.416 e. The van der Waals surface area contributed by atoms with E-state index in [9.17, 15) is 18.0 Å². The molecule has 196 valence electrons. The molecule has 1 aromatic carbocycles. The van der Waals surface area contributed by atoms with Crippen LogP contribution in [0.1, 0.15) is 47.2 Å². The van der Waals surface area contributed by atoms with Gasteiger partial charge in [0, 0.05) is 44.1 Å². The van der Waals surface area contributed by atoms with E-state index in [1.807, 2.05) is 25.9 Å². The number of nitrogens with zero attached hydrogens (tertiary/aromatic N) is 4. The Morgan fingerprint density at radius 2 is 1.78 bits per heavy atom. The highest BCUT2D eigenvalue weighted by molar-refractivity contribution is 5.96. The minimum absolute atomic E-state index is 0.0510. The lowest BCUT2D eigenvalue weighted by Crippen LogP contribution is -2.40. The molecule has 1 saturated carbocycles. The largest absolute Gasteiger partial charge is 0.438 e. The third-order valence-corrected chi connectivity index (χ3v) is 6.16. The molecular formula is C26H29F3N6O2. The summed E-state index contributed by atoms with van der Waals surface area (Å²) in [6.45, 7) is 1.96. The highest BCUT2D eigenvalue weighted by Gasteiger charge is 2.31. The SMILES string of the molecule is Cc1cnc(N[C@H]2CC[C@@H](NC(=O)c3cccnc3Oc3cccc(C(F)(F)F)c3)CC2)nc1N(C)C. The van der Waals surface area contributed by atoms with Gasteiger partial charge in [-0.2, -0.15) is 18.2 Å². The Balaban J connectivity index is 1.35. The summed E-state index contributed by atoms with van der Waals surface area (Å²) in [5.41, 5.74) is 0.310. The molecule has 0 radical (unpaired) electrons. The van der Waals surface area contributed by atoms with Crippen LogP contribution >= 0.6 is 0 Å². The van der Waals surface area contributed by atoms with Gasteiger partial charge < -0.3 is 20.3 Å². The normalized spacial score (nSPS) is 17.7. The summed E-state index contributed by atoms with van der Waals surface area (Å²) >= 11 is 0. The van der Waals surface area contributed by atoms with Crippen LogP contribution < -0.4 is 20.3 Å². The van der Waals surface area contributed by atoms with Crippen LogP contribution in [-0.2, 0) is 6.18 Å². The lowest BCUT2D eigenvalue weighted by Gasteiger charge is -2.30. The van der Waals surface area contributed by atoms with Crippen molar-refractivity contribution in [1.82, 2.24) is 20.3 Å². The van der Waals surface area contributed by atoms with Crippen LogP contribution in [0, 0.1) is 6.92 Å². The number of rotatable bonds is 7. The van der Waals surface area contributed by atoms with Crippen LogP contribution in [0.5, 0.6) is 11.6 Å². The third kappa shape index (κ3) is 6.66. The second kappa shape index (κ2) is 11.0. The molecule has 0 aliphatic heterocycles. The molecule has 4 rings (SSSR count). The van der Waals surface area contributed by atoms with Gasteiger partial charge in [-0.25, -0.2) is 9.97 Å². The van der Waals surface area contributed by atoms with Gasteiger partial charge in [0.2, 0.25) is 11.8 Å². The fourth-order valence-corrected chi connectivity index (χ4v) is 4.28.